The summed E-state index contributed by atoms with van der Waals surface area (Å²) in [4.78, 5) is 0.956. The number of hydrogen-bond donors (Lipinski definition) is 2. The molecule has 0 amide bonds. The van der Waals surface area contributed by atoms with Crippen molar-refractivity contribution in [2.75, 3.05) is 12.3 Å². The molecule has 2 aromatic rings. The van der Waals surface area contributed by atoms with Gasteiger partial charge in [0.05, 0.1) is 9.47 Å². The van der Waals surface area contributed by atoms with Gasteiger partial charge in [-0.25, -0.2) is 17.5 Å². The molecule has 0 saturated heterocycles. The summed E-state index contributed by atoms with van der Waals surface area (Å²) in [5, 5.41) is 0. The second-order valence-electron chi connectivity index (χ2n) is 4.04. The number of benzene rings is 1. The second kappa shape index (κ2) is 6.21. The molecule has 8 heteroatoms. The summed E-state index contributed by atoms with van der Waals surface area (Å²) in [5.41, 5.74) is 5.43. The minimum atomic E-state index is -3.72. The molecule has 0 atom stereocenters. The van der Waals surface area contributed by atoms with E-state index in [4.69, 9.17) is 5.73 Å². The monoisotopic (exact) mass is 378 g/mol. The van der Waals surface area contributed by atoms with Crippen LogP contribution in [-0.4, -0.2) is 15.0 Å². The van der Waals surface area contributed by atoms with E-state index in [0.717, 1.165) is 26.9 Å². The van der Waals surface area contributed by atoms with Crippen molar-refractivity contribution in [2.24, 2.45) is 0 Å². The predicted octanol–water partition coefficient (Wildman–Crippen LogP) is 2.75. The third-order valence-electron chi connectivity index (χ3n) is 2.55. The molecule has 0 unspecified atom stereocenters. The lowest BCUT2D eigenvalue weighted by molar-refractivity contribution is 0.581. The molecule has 0 aliphatic heterocycles. The Morgan fingerprint density at radius 1 is 1.30 bits per heavy atom. The second-order valence-corrected chi connectivity index (χ2v) is 8.32. The zero-order valence-electron chi connectivity index (χ0n) is 10.3. The Morgan fingerprint density at radius 2 is 2.05 bits per heavy atom. The summed E-state index contributed by atoms with van der Waals surface area (Å²) in [6, 6.07) is 7.06. The maximum absolute atomic E-state index is 12.9. The molecule has 1 aromatic heterocycles. The van der Waals surface area contributed by atoms with Crippen LogP contribution in [0, 0.1) is 5.82 Å². The Bertz CT molecular complexity index is 716. The van der Waals surface area contributed by atoms with Crippen LogP contribution in [0.15, 0.2) is 39.0 Å². The summed E-state index contributed by atoms with van der Waals surface area (Å²) in [7, 11) is -3.72. The van der Waals surface area contributed by atoms with E-state index in [-0.39, 0.29) is 17.1 Å². The van der Waals surface area contributed by atoms with Gasteiger partial charge < -0.3 is 5.73 Å². The van der Waals surface area contributed by atoms with E-state index in [1.807, 2.05) is 12.1 Å². The minimum Gasteiger partial charge on any atom is -0.398 e. The Labute approximate surface area is 129 Å². The Balaban J connectivity index is 2.04. The summed E-state index contributed by atoms with van der Waals surface area (Å²) in [6.07, 6.45) is 0.580. The van der Waals surface area contributed by atoms with Crippen molar-refractivity contribution in [1.82, 2.24) is 4.72 Å². The lowest BCUT2D eigenvalue weighted by atomic mass is 10.3. The van der Waals surface area contributed by atoms with Gasteiger partial charge in [0.15, 0.2) is 0 Å². The number of halogens is 2. The van der Waals surface area contributed by atoms with Gasteiger partial charge in [-0.05, 0) is 52.7 Å². The molecule has 0 aliphatic carbocycles. The standard InChI is InChI=1S/C12H12BrFN2O2S2/c13-12-4-2-9(19-12)5-6-16-20(17,18)11-3-1-8(14)7-10(11)15/h1-4,7,16H,5-6,15H2. The van der Waals surface area contributed by atoms with E-state index in [1.165, 1.54) is 0 Å². The zero-order valence-corrected chi connectivity index (χ0v) is 13.5. The molecule has 4 nitrogen and oxygen atoms in total. The number of nitrogens with two attached hydrogens (primary N) is 1. The first-order valence-electron chi connectivity index (χ1n) is 5.67. The van der Waals surface area contributed by atoms with Gasteiger partial charge in [-0.3, -0.25) is 0 Å². The van der Waals surface area contributed by atoms with Gasteiger partial charge >= 0.3 is 0 Å². The van der Waals surface area contributed by atoms with Crippen LogP contribution in [0.5, 0.6) is 0 Å². The van der Waals surface area contributed by atoms with Crippen LogP contribution in [0.25, 0.3) is 0 Å². The third-order valence-corrected chi connectivity index (χ3v) is 5.77. The van der Waals surface area contributed by atoms with E-state index in [0.29, 0.717) is 6.42 Å². The summed E-state index contributed by atoms with van der Waals surface area (Å²) in [6.45, 7) is 0.256. The zero-order chi connectivity index (χ0) is 14.8. The van der Waals surface area contributed by atoms with Crippen LogP contribution in [0.1, 0.15) is 4.88 Å². The highest BCUT2D eigenvalue weighted by atomic mass is 79.9. The highest BCUT2D eigenvalue weighted by molar-refractivity contribution is 9.11. The third kappa shape index (κ3) is 3.78. The van der Waals surface area contributed by atoms with Gasteiger partial charge in [0, 0.05) is 11.4 Å². The molecular weight excluding hydrogens is 367 g/mol. The smallest absolute Gasteiger partial charge is 0.242 e. The molecule has 0 saturated carbocycles. The average Bonchev–Trinajstić information content (AvgIpc) is 2.74. The van der Waals surface area contributed by atoms with E-state index in [9.17, 15) is 12.8 Å². The lowest BCUT2D eigenvalue weighted by Gasteiger charge is -2.08. The van der Waals surface area contributed by atoms with Crippen molar-refractivity contribution < 1.29 is 12.8 Å². The average molecular weight is 379 g/mol. The molecular formula is C12H12BrFN2O2S2. The van der Waals surface area contributed by atoms with Crippen molar-refractivity contribution in [2.45, 2.75) is 11.3 Å². The van der Waals surface area contributed by atoms with Crippen LogP contribution >= 0.6 is 27.3 Å². The molecule has 1 heterocycles. The fourth-order valence-electron chi connectivity index (χ4n) is 1.64. The number of nitrogen functional groups attached to an aromatic ring is 1. The molecule has 108 valence electrons. The van der Waals surface area contributed by atoms with Crippen molar-refractivity contribution in [3.8, 4) is 0 Å². The van der Waals surface area contributed by atoms with Gasteiger partial charge in [-0.2, -0.15) is 0 Å². The van der Waals surface area contributed by atoms with Crippen LogP contribution in [0.3, 0.4) is 0 Å². The van der Waals surface area contributed by atoms with Gasteiger partial charge in [0.2, 0.25) is 10.0 Å². The highest BCUT2D eigenvalue weighted by Gasteiger charge is 2.17. The molecule has 0 bridgehead atoms. The topological polar surface area (TPSA) is 72.2 Å². The van der Waals surface area contributed by atoms with Gasteiger partial charge in [-0.15, -0.1) is 11.3 Å². The van der Waals surface area contributed by atoms with Gasteiger partial charge in [0.25, 0.3) is 0 Å². The first-order valence-corrected chi connectivity index (χ1v) is 8.76. The Kier molecular flexibility index (Phi) is 4.79. The molecule has 2 rings (SSSR count). The number of anilines is 1. The van der Waals surface area contributed by atoms with Gasteiger partial charge in [-0.1, -0.05) is 0 Å². The maximum Gasteiger partial charge on any atom is 0.242 e. The summed E-state index contributed by atoms with van der Waals surface area (Å²) in [5.74, 6) is -0.565. The van der Waals surface area contributed by atoms with Crippen molar-refractivity contribution in [1.29, 1.82) is 0 Å². The summed E-state index contributed by atoms with van der Waals surface area (Å²) >= 11 is 4.89. The quantitative estimate of drug-likeness (QED) is 0.785. The number of nitrogens with one attached hydrogen (secondary N) is 1. The van der Waals surface area contributed by atoms with Crippen LogP contribution in [-0.2, 0) is 16.4 Å². The van der Waals surface area contributed by atoms with Crippen LogP contribution in [0.2, 0.25) is 0 Å². The molecule has 0 aliphatic rings. The maximum atomic E-state index is 12.9. The largest absolute Gasteiger partial charge is 0.398 e. The molecule has 0 fully saturated rings. The van der Waals surface area contributed by atoms with Crippen LogP contribution < -0.4 is 10.5 Å². The van der Waals surface area contributed by atoms with E-state index in [1.54, 1.807) is 11.3 Å². The SMILES string of the molecule is Nc1cc(F)ccc1S(=O)(=O)NCCc1ccc(Br)s1. The normalized spacial score (nSPS) is 11.7. The van der Waals surface area contributed by atoms with E-state index >= 15 is 0 Å². The van der Waals surface area contributed by atoms with Gasteiger partial charge in [0.1, 0.15) is 10.7 Å². The van der Waals surface area contributed by atoms with Crippen molar-refractivity contribution in [3.05, 3.63) is 44.8 Å². The fraction of sp³-hybridized carbons (Fsp3) is 0.167. The lowest BCUT2D eigenvalue weighted by Crippen LogP contribution is -2.26. The van der Waals surface area contributed by atoms with E-state index < -0.39 is 15.8 Å². The molecule has 0 spiro atoms. The molecule has 0 radical (unpaired) electrons. The number of rotatable bonds is 5. The summed E-state index contributed by atoms with van der Waals surface area (Å²) < 4.78 is 40.4. The van der Waals surface area contributed by atoms with Crippen LogP contribution in [0.4, 0.5) is 10.1 Å². The Hall–Kier alpha value is -0.960. The number of sulfonamides is 1. The Morgan fingerprint density at radius 3 is 2.65 bits per heavy atom. The van der Waals surface area contributed by atoms with Crippen molar-refractivity contribution >= 4 is 43.0 Å². The molecule has 20 heavy (non-hydrogen) atoms. The number of thiophene rings is 1. The van der Waals surface area contributed by atoms with E-state index in [2.05, 4.69) is 20.7 Å². The molecule has 3 N–H and O–H groups in total. The molecule has 1 aromatic carbocycles. The fourth-order valence-corrected chi connectivity index (χ4v) is 4.26. The predicted molar refractivity (Wildman–Crippen MR) is 81.7 cm³/mol. The highest BCUT2D eigenvalue weighted by Crippen LogP contribution is 2.22. The number of hydrogen-bond acceptors (Lipinski definition) is 4. The van der Waals surface area contributed by atoms with Crippen molar-refractivity contribution in [3.63, 3.8) is 0 Å². The minimum absolute atomic E-state index is 0.101. The first-order chi connectivity index (χ1) is 9.38. The first kappa shape index (κ1) is 15.4.